The van der Waals surface area contributed by atoms with E-state index in [1.807, 2.05) is 72.8 Å². The van der Waals surface area contributed by atoms with Crippen LogP contribution in [0.25, 0.3) is 0 Å². The van der Waals surface area contributed by atoms with Crippen LogP contribution < -0.4 is 9.96 Å². The molecule has 0 N–H and O–H groups in total. The Morgan fingerprint density at radius 3 is 2.00 bits per heavy atom. The molecule has 0 spiro atoms. The van der Waals surface area contributed by atoms with E-state index in [2.05, 4.69) is 0 Å². The molecule has 3 aromatic carbocycles. The lowest BCUT2D eigenvalue weighted by atomic mass is 10.1. The maximum absolute atomic E-state index is 12.7. The molecule has 3 aromatic rings. The Balaban J connectivity index is 1.82. The zero-order valence-corrected chi connectivity index (χ0v) is 14.0. The first-order valence-corrected chi connectivity index (χ1v) is 8.28. The third kappa shape index (κ3) is 2.92. The average Bonchev–Trinajstić information content (AvgIpc) is 3.01. The molecule has 0 bridgehead atoms. The number of hydroxylamine groups is 1. The van der Waals surface area contributed by atoms with Gasteiger partial charge in [-0.1, -0.05) is 60.1 Å². The third-order valence-electron chi connectivity index (χ3n) is 4.05. The van der Waals surface area contributed by atoms with E-state index < -0.39 is 12.3 Å². The zero-order valence-electron chi connectivity index (χ0n) is 13.2. The van der Waals surface area contributed by atoms with Crippen molar-refractivity contribution in [3.8, 4) is 0 Å². The SMILES string of the molecule is O=C1ON(c2ccccc2)C(c2ccccc2)N1c1ccc(Cl)cc1. The second kappa shape index (κ2) is 6.49. The summed E-state index contributed by atoms with van der Waals surface area (Å²) < 4.78 is 0. The second-order valence-corrected chi connectivity index (χ2v) is 6.09. The van der Waals surface area contributed by atoms with Crippen molar-refractivity contribution in [2.75, 3.05) is 9.96 Å². The van der Waals surface area contributed by atoms with Crippen LogP contribution in [-0.4, -0.2) is 6.09 Å². The Morgan fingerprint density at radius 1 is 0.760 bits per heavy atom. The highest BCUT2D eigenvalue weighted by Gasteiger charge is 2.42. The molecule has 1 atom stereocenters. The normalized spacial score (nSPS) is 16.8. The van der Waals surface area contributed by atoms with Gasteiger partial charge in [0.1, 0.15) is 0 Å². The van der Waals surface area contributed by atoms with Gasteiger partial charge in [-0.15, -0.1) is 0 Å². The van der Waals surface area contributed by atoms with Gasteiger partial charge in [-0.25, -0.2) is 9.69 Å². The van der Waals surface area contributed by atoms with Crippen molar-refractivity contribution in [1.82, 2.24) is 0 Å². The largest absolute Gasteiger partial charge is 0.440 e. The molecule has 0 aromatic heterocycles. The number of benzene rings is 3. The van der Waals surface area contributed by atoms with Gasteiger partial charge in [-0.05, 0) is 42.0 Å². The van der Waals surface area contributed by atoms with E-state index in [0.29, 0.717) is 5.02 Å². The third-order valence-corrected chi connectivity index (χ3v) is 4.30. The van der Waals surface area contributed by atoms with Crippen molar-refractivity contribution in [2.24, 2.45) is 0 Å². The molecule has 4 nitrogen and oxygen atoms in total. The van der Waals surface area contributed by atoms with E-state index in [9.17, 15) is 4.79 Å². The van der Waals surface area contributed by atoms with Gasteiger partial charge in [0.2, 0.25) is 0 Å². The standard InChI is InChI=1S/C20H15ClN2O2/c21-16-11-13-17(14-12-16)22-19(15-7-3-1-4-8-15)23(25-20(22)24)18-9-5-2-6-10-18/h1-14,19H. The van der Waals surface area contributed by atoms with Crippen LogP contribution in [0.5, 0.6) is 0 Å². The fourth-order valence-corrected chi connectivity index (χ4v) is 3.04. The van der Waals surface area contributed by atoms with Crippen LogP contribution in [0.2, 0.25) is 5.02 Å². The summed E-state index contributed by atoms with van der Waals surface area (Å²) in [6.07, 6.45) is -0.836. The number of halogens is 1. The summed E-state index contributed by atoms with van der Waals surface area (Å²) in [7, 11) is 0. The van der Waals surface area contributed by atoms with Crippen molar-refractivity contribution in [1.29, 1.82) is 0 Å². The molecule has 1 aliphatic rings. The molecule has 1 fully saturated rings. The number of nitrogens with zero attached hydrogens (tertiary/aromatic N) is 2. The molecule has 124 valence electrons. The Bertz CT molecular complexity index is 869. The fraction of sp³-hybridized carbons (Fsp3) is 0.0500. The molecular weight excluding hydrogens is 336 g/mol. The van der Waals surface area contributed by atoms with Gasteiger partial charge in [0, 0.05) is 10.7 Å². The molecule has 1 aliphatic heterocycles. The number of carbonyl (C=O) groups excluding carboxylic acids is 1. The van der Waals surface area contributed by atoms with Crippen LogP contribution >= 0.6 is 11.6 Å². The van der Waals surface area contributed by atoms with Crippen LogP contribution in [0.4, 0.5) is 16.2 Å². The second-order valence-electron chi connectivity index (χ2n) is 5.65. The summed E-state index contributed by atoms with van der Waals surface area (Å²) in [4.78, 5) is 19.9. The van der Waals surface area contributed by atoms with Gasteiger partial charge in [0.15, 0.2) is 6.17 Å². The van der Waals surface area contributed by atoms with Gasteiger partial charge in [0.05, 0.1) is 5.69 Å². The summed E-state index contributed by atoms with van der Waals surface area (Å²) in [6.45, 7) is 0. The minimum atomic E-state index is -0.431. The predicted octanol–water partition coefficient (Wildman–Crippen LogP) is 5.42. The monoisotopic (exact) mass is 350 g/mol. The summed E-state index contributed by atoms with van der Waals surface area (Å²) in [5.74, 6) is 0. The van der Waals surface area contributed by atoms with Gasteiger partial charge in [0.25, 0.3) is 0 Å². The highest BCUT2D eigenvalue weighted by molar-refractivity contribution is 6.30. The van der Waals surface area contributed by atoms with Crippen molar-refractivity contribution in [3.05, 3.63) is 95.5 Å². The van der Waals surface area contributed by atoms with Gasteiger partial charge < -0.3 is 4.84 Å². The number of carbonyl (C=O) groups is 1. The quantitative estimate of drug-likeness (QED) is 0.632. The number of rotatable bonds is 3. The molecule has 5 heteroatoms. The van der Waals surface area contributed by atoms with Crippen molar-refractivity contribution in [2.45, 2.75) is 6.17 Å². The fourth-order valence-electron chi connectivity index (χ4n) is 2.91. The summed E-state index contributed by atoms with van der Waals surface area (Å²) in [5.41, 5.74) is 2.48. The minimum Gasteiger partial charge on any atom is -0.319 e. The van der Waals surface area contributed by atoms with E-state index in [4.69, 9.17) is 16.4 Å². The number of para-hydroxylation sites is 1. The van der Waals surface area contributed by atoms with Crippen molar-refractivity contribution in [3.63, 3.8) is 0 Å². The lowest BCUT2D eigenvalue weighted by molar-refractivity contribution is 0.164. The number of anilines is 2. The van der Waals surface area contributed by atoms with Crippen LogP contribution in [0.15, 0.2) is 84.9 Å². The Hall–Kier alpha value is -2.98. The summed E-state index contributed by atoms with van der Waals surface area (Å²) in [6, 6.07) is 26.5. The van der Waals surface area contributed by atoms with Gasteiger partial charge >= 0.3 is 6.09 Å². The van der Waals surface area contributed by atoms with E-state index >= 15 is 0 Å². The Morgan fingerprint density at radius 2 is 1.36 bits per heavy atom. The smallest absolute Gasteiger partial charge is 0.319 e. The predicted molar refractivity (Wildman–Crippen MR) is 98.5 cm³/mol. The average molecular weight is 351 g/mol. The molecule has 0 saturated carbocycles. The highest BCUT2D eigenvalue weighted by atomic mass is 35.5. The van der Waals surface area contributed by atoms with E-state index in [0.717, 1.165) is 16.9 Å². The summed E-state index contributed by atoms with van der Waals surface area (Å²) in [5, 5.41) is 2.25. The first-order chi connectivity index (χ1) is 12.2. The minimum absolute atomic E-state index is 0.405. The van der Waals surface area contributed by atoms with Gasteiger partial charge in [-0.3, -0.25) is 0 Å². The molecule has 0 radical (unpaired) electrons. The van der Waals surface area contributed by atoms with Crippen molar-refractivity contribution < 1.29 is 9.63 Å². The van der Waals surface area contributed by atoms with Crippen LogP contribution in [0.1, 0.15) is 11.7 Å². The maximum Gasteiger partial charge on any atom is 0.440 e. The van der Waals surface area contributed by atoms with Gasteiger partial charge in [-0.2, -0.15) is 5.06 Å². The molecule has 1 saturated heterocycles. The van der Waals surface area contributed by atoms with Crippen LogP contribution in [0, 0.1) is 0 Å². The molecular formula is C20H15ClN2O2. The van der Waals surface area contributed by atoms with E-state index in [1.165, 1.54) is 0 Å². The molecule has 25 heavy (non-hydrogen) atoms. The molecule has 0 aliphatic carbocycles. The van der Waals surface area contributed by atoms with E-state index in [1.54, 1.807) is 22.1 Å². The summed E-state index contributed by atoms with van der Waals surface area (Å²) >= 11 is 5.99. The molecule has 1 amide bonds. The van der Waals surface area contributed by atoms with Crippen LogP contribution in [0.3, 0.4) is 0 Å². The van der Waals surface area contributed by atoms with Crippen LogP contribution in [-0.2, 0) is 4.84 Å². The lowest BCUT2D eigenvalue weighted by Gasteiger charge is -2.27. The topological polar surface area (TPSA) is 32.8 Å². The Labute approximate surface area is 150 Å². The first kappa shape index (κ1) is 15.5. The zero-order chi connectivity index (χ0) is 17.2. The van der Waals surface area contributed by atoms with E-state index in [-0.39, 0.29) is 0 Å². The molecule has 4 rings (SSSR count). The highest BCUT2D eigenvalue weighted by Crippen LogP contribution is 2.39. The Kier molecular flexibility index (Phi) is 4.04. The lowest BCUT2D eigenvalue weighted by Crippen LogP contribution is -2.31. The number of hydrogen-bond acceptors (Lipinski definition) is 3. The van der Waals surface area contributed by atoms with Crippen molar-refractivity contribution >= 4 is 29.1 Å². The molecule has 1 unspecified atom stereocenters. The number of amides is 1. The molecule has 1 heterocycles. The number of hydrogen-bond donors (Lipinski definition) is 0. The maximum atomic E-state index is 12.7. The first-order valence-electron chi connectivity index (χ1n) is 7.90.